The maximum absolute atomic E-state index is 4.75. The fourth-order valence-electron chi connectivity index (χ4n) is 2.72. The van der Waals surface area contributed by atoms with Crippen molar-refractivity contribution in [2.24, 2.45) is 0 Å². The van der Waals surface area contributed by atoms with Crippen LogP contribution in [0.4, 0.5) is 5.69 Å². The standard InChI is InChI=1S/C17H19N5S/c1-3-13-11-14(4-1)19-8-2-7-18-9-10-23-17-6-5-16-20-12-15(13)22(16)21-17/h1,3-6,11-12,18-19H,2,7-10H2. The Bertz CT molecular complexity index is 814. The van der Waals surface area contributed by atoms with Gasteiger partial charge in [-0.25, -0.2) is 9.50 Å². The van der Waals surface area contributed by atoms with E-state index >= 15 is 0 Å². The Morgan fingerprint density at radius 3 is 3.09 bits per heavy atom. The fraction of sp³-hybridized carbons (Fsp3) is 0.294. The van der Waals surface area contributed by atoms with Gasteiger partial charge in [-0.2, -0.15) is 5.10 Å². The van der Waals surface area contributed by atoms with E-state index in [1.54, 1.807) is 11.8 Å². The number of anilines is 1. The van der Waals surface area contributed by atoms with Gasteiger partial charge in [0.25, 0.3) is 0 Å². The molecule has 0 spiro atoms. The van der Waals surface area contributed by atoms with Gasteiger partial charge in [-0.15, -0.1) is 11.8 Å². The van der Waals surface area contributed by atoms with Crippen molar-refractivity contribution in [3.8, 4) is 11.3 Å². The zero-order chi connectivity index (χ0) is 15.5. The summed E-state index contributed by atoms with van der Waals surface area (Å²) < 4.78 is 1.94. The number of rotatable bonds is 0. The van der Waals surface area contributed by atoms with Crippen molar-refractivity contribution in [3.05, 3.63) is 42.6 Å². The van der Waals surface area contributed by atoms with Crippen LogP contribution >= 0.6 is 11.8 Å². The molecule has 0 radical (unpaired) electrons. The Morgan fingerprint density at radius 2 is 2.09 bits per heavy atom. The lowest BCUT2D eigenvalue weighted by atomic mass is 10.1. The van der Waals surface area contributed by atoms with Crippen LogP contribution in [0, 0.1) is 0 Å². The molecule has 4 rings (SSSR count). The van der Waals surface area contributed by atoms with Gasteiger partial charge in [0.1, 0.15) is 5.03 Å². The van der Waals surface area contributed by atoms with Crippen LogP contribution in [0.3, 0.4) is 0 Å². The molecule has 3 heterocycles. The van der Waals surface area contributed by atoms with Crippen molar-refractivity contribution in [2.45, 2.75) is 11.4 Å². The van der Waals surface area contributed by atoms with Gasteiger partial charge in [-0.3, -0.25) is 0 Å². The first-order chi connectivity index (χ1) is 11.4. The Hall–Kier alpha value is -2.05. The summed E-state index contributed by atoms with van der Waals surface area (Å²) in [5.41, 5.74) is 4.17. The van der Waals surface area contributed by atoms with Gasteiger partial charge in [0, 0.05) is 30.1 Å². The van der Waals surface area contributed by atoms with E-state index in [4.69, 9.17) is 5.10 Å². The third-order valence-corrected chi connectivity index (χ3v) is 4.81. The van der Waals surface area contributed by atoms with Crippen molar-refractivity contribution < 1.29 is 0 Å². The monoisotopic (exact) mass is 325 g/mol. The Balaban J connectivity index is 1.78. The smallest absolute Gasteiger partial charge is 0.154 e. The molecule has 1 aliphatic rings. The minimum atomic E-state index is 0.880. The molecule has 0 aliphatic carbocycles. The van der Waals surface area contributed by atoms with Crippen molar-refractivity contribution in [2.75, 3.05) is 30.7 Å². The predicted octanol–water partition coefficient (Wildman–Crippen LogP) is 2.89. The molecule has 118 valence electrons. The second-order valence-electron chi connectivity index (χ2n) is 5.54. The average molecular weight is 325 g/mol. The van der Waals surface area contributed by atoms with E-state index in [1.165, 1.54) is 0 Å². The molecule has 1 aromatic carbocycles. The minimum Gasteiger partial charge on any atom is -0.385 e. The SMILES string of the molecule is c1cc2cc(c1)-c1cnc3ccc(nn13)SCCNCCCN2. The third kappa shape index (κ3) is 3.18. The van der Waals surface area contributed by atoms with E-state index in [0.29, 0.717) is 0 Å². The van der Waals surface area contributed by atoms with Gasteiger partial charge in [0.2, 0.25) is 0 Å². The Morgan fingerprint density at radius 1 is 1.09 bits per heavy atom. The molecule has 2 aromatic heterocycles. The number of benzene rings is 1. The number of nitrogens with zero attached hydrogens (tertiary/aromatic N) is 3. The van der Waals surface area contributed by atoms with E-state index in [1.807, 2.05) is 22.8 Å². The highest BCUT2D eigenvalue weighted by Crippen LogP contribution is 2.24. The molecule has 0 amide bonds. The second kappa shape index (κ2) is 6.60. The van der Waals surface area contributed by atoms with Crippen LogP contribution < -0.4 is 10.6 Å². The van der Waals surface area contributed by atoms with Crippen LogP contribution in [-0.2, 0) is 0 Å². The maximum Gasteiger partial charge on any atom is 0.154 e. The van der Waals surface area contributed by atoms with Gasteiger partial charge in [0.05, 0.1) is 11.9 Å². The summed E-state index contributed by atoms with van der Waals surface area (Å²) in [5, 5.41) is 12.7. The number of hydrogen-bond acceptors (Lipinski definition) is 5. The number of hydrogen-bond donors (Lipinski definition) is 2. The lowest BCUT2D eigenvalue weighted by Crippen LogP contribution is -2.20. The molecular weight excluding hydrogens is 306 g/mol. The Labute approximate surface area is 139 Å². The summed E-state index contributed by atoms with van der Waals surface area (Å²) in [6.45, 7) is 3.00. The topological polar surface area (TPSA) is 54.2 Å². The Kier molecular flexibility index (Phi) is 4.17. The molecule has 1 aliphatic heterocycles. The van der Waals surface area contributed by atoms with Gasteiger partial charge < -0.3 is 10.6 Å². The van der Waals surface area contributed by atoms with E-state index in [-0.39, 0.29) is 0 Å². The van der Waals surface area contributed by atoms with Crippen LogP contribution in [0.15, 0.2) is 47.6 Å². The zero-order valence-corrected chi connectivity index (χ0v) is 13.6. The van der Waals surface area contributed by atoms with Gasteiger partial charge in [-0.1, -0.05) is 12.1 Å². The third-order valence-electron chi connectivity index (χ3n) is 3.88. The van der Waals surface area contributed by atoms with Crippen LogP contribution in [0.25, 0.3) is 16.9 Å². The molecule has 3 aromatic rings. The first-order valence-corrected chi connectivity index (χ1v) is 8.91. The molecule has 0 saturated carbocycles. The van der Waals surface area contributed by atoms with E-state index < -0.39 is 0 Å². The second-order valence-corrected chi connectivity index (χ2v) is 6.66. The molecule has 0 saturated heterocycles. The molecule has 2 N–H and O–H groups in total. The van der Waals surface area contributed by atoms with Crippen LogP contribution in [0.1, 0.15) is 6.42 Å². The highest BCUT2D eigenvalue weighted by Gasteiger charge is 2.09. The quantitative estimate of drug-likeness (QED) is 0.666. The molecule has 23 heavy (non-hydrogen) atoms. The van der Waals surface area contributed by atoms with Crippen molar-refractivity contribution >= 4 is 23.1 Å². The molecular formula is C17H19N5S. The van der Waals surface area contributed by atoms with Crippen LogP contribution in [0.2, 0.25) is 0 Å². The highest BCUT2D eigenvalue weighted by atomic mass is 32.2. The molecule has 6 heteroatoms. The number of thioether (sulfide) groups is 1. The number of nitrogens with one attached hydrogen (secondary N) is 2. The summed E-state index contributed by atoms with van der Waals surface area (Å²) in [7, 11) is 0. The largest absolute Gasteiger partial charge is 0.385 e. The molecule has 0 fully saturated rings. The van der Waals surface area contributed by atoms with Crippen LogP contribution in [-0.4, -0.2) is 40.0 Å². The minimum absolute atomic E-state index is 0.880. The van der Waals surface area contributed by atoms with Gasteiger partial charge >= 0.3 is 0 Å². The first-order valence-electron chi connectivity index (χ1n) is 7.93. The van der Waals surface area contributed by atoms with Gasteiger partial charge in [-0.05, 0) is 37.2 Å². The summed E-state index contributed by atoms with van der Waals surface area (Å²) in [5.74, 6) is 1.02. The molecule has 0 atom stereocenters. The fourth-order valence-corrected chi connectivity index (χ4v) is 3.48. The van der Waals surface area contributed by atoms with E-state index in [9.17, 15) is 0 Å². The summed E-state index contributed by atoms with van der Waals surface area (Å²) in [6, 6.07) is 12.5. The molecule has 4 bridgehead atoms. The zero-order valence-electron chi connectivity index (χ0n) is 12.8. The van der Waals surface area contributed by atoms with Crippen LogP contribution in [0.5, 0.6) is 0 Å². The summed E-state index contributed by atoms with van der Waals surface area (Å²) in [4.78, 5) is 4.48. The summed E-state index contributed by atoms with van der Waals surface area (Å²) in [6.07, 6.45) is 3.01. The lowest BCUT2D eigenvalue weighted by Gasteiger charge is -2.08. The first kappa shape index (κ1) is 14.5. The predicted molar refractivity (Wildman–Crippen MR) is 95.1 cm³/mol. The summed E-state index contributed by atoms with van der Waals surface area (Å²) >= 11 is 1.78. The van der Waals surface area contributed by atoms with Crippen molar-refractivity contribution in [3.63, 3.8) is 0 Å². The number of imidazole rings is 1. The molecule has 5 nitrogen and oxygen atoms in total. The van der Waals surface area contributed by atoms with Crippen molar-refractivity contribution in [1.82, 2.24) is 19.9 Å². The highest BCUT2D eigenvalue weighted by molar-refractivity contribution is 7.99. The number of aromatic nitrogens is 3. The van der Waals surface area contributed by atoms with Crippen molar-refractivity contribution in [1.29, 1.82) is 0 Å². The normalized spacial score (nSPS) is 15.8. The van der Waals surface area contributed by atoms with Gasteiger partial charge in [0.15, 0.2) is 5.65 Å². The van der Waals surface area contributed by atoms with E-state index in [2.05, 4.69) is 39.9 Å². The maximum atomic E-state index is 4.75. The average Bonchev–Trinajstić information content (AvgIpc) is 3.00. The lowest BCUT2D eigenvalue weighted by molar-refractivity contribution is 0.692. The van der Waals surface area contributed by atoms with E-state index in [0.717, 1.165) is 59.4 Å². The molecule has 0 unspecified atom stereocenters. The number of fused-ring (bicyclic) bond motifs is 4.